The fourth-order valence-corrected chi connectivity index (χ4v) is 2.67. The van der Waals surface area contributed by atoms with Crippen molar-refractivity contribution in [1.82, 2.24) is 0 Å². The monoisotopic (exact) mass is 331 g/mol. The van der Waals surface area contributed by atoms with Gasteiger partial charge in [0.1, 0.15) is 4.90 Å². The quantitative estimate of drug-likeness (QED) is 0.843. The SMILES string of the molecule is NS(=O)(=O)c1cc(C(=O)Cl)cc(Br)c1Cl. The zero-order valence-electron chi connectivity index (χ0n) is 7.00. The third-order valence-electron chi connectivity index (χ3n) is 1.53. The number of rotatable bonds is 2. The minimum Gasteiger partial charge on any atom is -0.276 e. The molecule has 0 heterocycles. The van der Waals surface area contributed by atoms with Crippen LogP contribution in [0.4, 0.5) is 0 Å². The van der Waals surface area contributed by atoms with Crippen molar-refractivity contribution >= 4 is 54.4 Å². The molecule has 0 aliphatic heterocycles. The van der Waals surface area contributed by atoms with Gasteiger partial charge in [-0.2, -0.15) is 0 Å². The summed E-state index contributed by atoms with van der Waals surface area (Å²) in [5, 5.41) is 4.03. The lowest BCUT2D eigenvalue weighted by molar-refractivity contribution is 0.108. The molecule has 0 atom stereocenters. The van der Waals surface area contributed by atoms with Gasteiger partial charge in [0.15, 0.2) is 0 Å². The highest BCUT2D eigenvalue weighted by atomic mass is 79.9. The Morgan fingerprint density at radius 3 is 2.33 bits per heavy atom. The lowest BCUT2D eigenvalue weighted by Gasteiger charge is -2.05. The second-order valence-electron chi connectivity index (χ2n) is 2.59. The van der Waals surface area contributed by atoms with Gasteiger partial charge in [-0.25, -0.2) is 13.6 Å². The Hall–Kier alpha value is -0.140. The molecule has 2 N–H and O–H groups in total. The van der Waals surface area contributed by atoms with Gasteiger partial charge in [0.05, 0.1) is 5.02 Å². The first-order valence-corrected chi connectivity index (χ1v) is 6.54. The lowest BCUT2D eigenvalue weighted by atomic mass is 10.2. The fraction of sp³-hybridized carbons (Fsp3) is 0. The van der Waals surface area contributed by atoms with E-state index < -0.39 is 15.3 Å². The minimum absolute atomic E-state index is 0.00281. The summed E-state index contributed by atoms with van der Waals surface area (Å²) in [7, 11) is -3.98. The number of hydrogen-bond acceptors (Lipinski definition) is 3. The van der Waals surface area contributed by atoms with Crippen LogP contribution in [0.2, 0.25) is 5.02 Å². The topological polar surface area (TPSA) is 77.2 Å². The molecule has 15 heavy (non-hydrogen) atoms. The molecule has 1 aromatic rings. The van der Waals surface area contributed by atoms with E-state index in [2.05, 4.69) is 15.9 Å². The largest absolute Gasteiger partial charge is 0.276 e. The van der Waals surface area contributed by atoms with E-state index in [1.54, 1.807) is 0 Å². The van der Waals surface area contributed by atoms with Crippen LogP contribution in [0.15, 0.2) is 21.5 Å². The van der Waals surface area contributed by atoms with Crippen LogP contribution in [-0.2, 0) is 10.0 Å². The number of carbonyl (C=O) groups excluding carboxylic acids is 1. The van der Waals surface area contributed by atoms with E-state index in [-0.39, 0.29) is 20.0 Å². The summed E-state index contributed by atoms with van der Waals surface area (Å²) >= 11 is 13.9. The van der Waals surface area contributed by atoms with E-state index in [0.717, 1.165) is 6.07 Å². The minimum atomic E-state index is -3.98. The van der Waals surface area contributed by atoms with Gasteiger partial charge < -0.3 is 0 Å². The number of benzene rings is 1. The first kappa shape index (κ1) is 12.9. The maximum atomic E-state index is 11.1. The molecule has 0 amide bonds. The zero-order chi connectivity index (χ0) is 11.8. The van der Waals surface area contributed by atoms with Crippen molar-refractivity contribution in [2.75, 3.05) is 0 Å². The highest BCUT2D eigenvalue weighted by Gasteiger charge is 2.18. The zero-order valence-corrected chi connectivity index (χ0v) is 10.9. The van der Waals surface area contributed by atoms with Crippen molar-refractivity contribution in [3.8, 4) is 0 Å². The van der Waals surface area contributed by atoms with Gasteiger partial charge in [-0.05, 0) is 39.7 Å². The van der Waals surface area contributed by atoms with Crippen LogP contribution in [0, 0.1) is 0 Å². The number of halogens is 3. The molecule has 4 nitrogen and oxygen atoms in total. The van der Waals surface area contributed by atoms with E-state index >= 15 is 0 Å². The molecule has 1 aromatic carbocycles. The van der Waals surface area contributed by atoms with Gasteiger partial charge in [-0.15, -0.1) is 0 Å². The predicted molar refractivity (Wildman–Crippen MR) is 60.7 cm³/mol. The Morgan fingerprint density at radius 2 is 1.93 bits per heavy atom. The highest BCUT2D eigenvalue weighted by Crippen LogP contribution is 2.30. The molecular formula is C7H4BrCl2NO3S. The van der Waals surface area contributed by atoms with Crippen LogP contribution in [0.1, 0.15) is 10.4 Å². The fourth-order valence-electron chi connectivity index (χ4n) is 0.884. The van der Waals surface area contributed by atoms with Crippen LogP contribution in [0.25, 0.3) is 0 Å². The molecule has 82 valence electrons. The van der Waals surface area contributed by atoms with E-state index in [0.29, 0.717) is 0 Å². The summed E-state index contributed by atoms with van der Waals surface area (Å²) in [4.78, 5) is 10.5. The summed E-state index contributed by atoms with van der Waals surface area (Å²) in [6.07, 6.45) is 0. The first-order valence-electron chi connectivity index (χ1n) is 3.45. The normalized spacial score (nSPS) is 11.5. The molecule has 1 rings (SSSR count). The molecule has 0 unspecified atom stereocenters. The van der Waals surface area contributed by atoms with Gasteiger partial charge >= 0.3 is 0 Å². The highest BCUT2D eigenvalue weighted by molar-refractivity contribution is 9.10. The van der Waals surface area contributed by atoms with Gasteiger partial charge in [-0.3, -0.25) is 4.79 Å². The standard InChI is InChI=1S/C7H4BrCl2NO3S/c8-4-1-3(7(10)12)2-5(6(4)9)15(11,13)14/h1-2H,(H2,11,13,14). The molecule has 0 radical (unpaired) electrons. The molecule has 0 saturated heterocycles. The van der Waals surface area contributed by atoms with Crippen LogP contribution in [-0.4, -0.2) is 13.7 Å². The number of nitrogens with two attached hydrogens (primary N) is 1. The average molecular weight is 333 g/mol. The lowest BCUT2D eigenvalue weighted by Crippen LogP contribution is -2.13. The summed E-state index contributed by atoms with van der Waals surface area (Å²) in [5.74, 6) is 0. The van der Waals surface area contributed by atoms with Crippen LogP contribution < -0.4 is 5.14 Å². The molecule has 0 spiro atoms. The molecule has 0 aliphatic carbocycles. The van der Waals surface area contributed by atoms with Crippen molar-refractivity contribution in [2.24, 2.45) is 5.14 Å². The maximum absolute atomic E-state index is 11.1. The molecule has 0 saturated carbocycles. The summed E-state index contributed by atoms with van der Waals surface area (Å²) in [6, 6.07) is 2.34. The summed E-state index contributed by atoms with van der Waals surface area (Å²) in [6.45, 7) is 0. The third kappa shape index (κ3) is 2.92. The third-order valence-corrected chi connectivity index (χ3v) is 4.05. The van der Waals surface area contributed by atoms with Crippen molar-refractivity contribution in [3.63, 3.8) is 0 Å². The molecule has 0 aromatic heterocycles. The van der Waals surface area contributed by atoms with Crippen LogP contribution >= 0.6 is 39.1 Å². The molecular weight excluding hydrogens is 329 g/mol. The van der Waals surface area contributed by atoms with Crippen LogP contribution in [0.3, 0.4) is 0 Å². The molecule has 8 heteroatoms. The molecule has 0 aliphatic rings. The van der Waals surface area contributed by atoms with Crippen molar-refractivity contribution < 1.29 is 13.2 Å². The van der Waals surface area contributed by atoms with Gasteiger partial charge in [0.25, 0.3) is 5.24 Å². The number of carbonyl (C=O) groups is 1. The van der Waals surface area contributed by atoms with Gasteiger partial charge in [-0.1, -0.05) is 11.6 Å². The van der Waals surface area contributed by atoms with Gasteiger partial charge in [0.2, 0.25) is 10.0 Å². The summed E-state index contributed by atoms with van der Waals surface area (Å²) in [5.41, 5.74) is -0.00281. The Labute approximate surface area is 105 Å². The van der Waals surface area contributed by atoms with E-state index in [1.165, 1.54) is 6.07 Å². The Kier molecular flexibility index (Phi) is 3.78. The van der Waals surface area contributed by atoms with Crippen molar-refractivity contribution in [2.45, 2.75) is 4.90 Å². The smallest absolute Gasteiger partial charge is 0.252 e. The van der Waals surface area contributed by atoms with Crippen molar-refractivity contribution in [1.29, 1.82) is 0 Å². The Morgan fingerprint density at radius 1 is 1.40 bits per heavy atom. The van der Waals surface area contributed by atoms with E-state index in [1.807, 2.05) is 0 Å². The summed E-state index contributed by atoms with van der Waals surface area (Å²) < 4.78 is 22.4. The second kappa shape index (κ2) is 4.39. The van der Waals surface area contributed by atoms with E-state index in [9.17, 15) is 13.2 Å². The maximum Gasteiger partial charge on any atom is 0.252 e. The number of hydrogen-bond donors (Lipinski definition) is 1. The first-order chi connectivity index (χ1) is 6.73. The van der Waals surface area contributed by atoms with Crippen LogP contribution in [0.5, 0.6) is 0 Å². The second-order valence-corrected chi connectivity index (χ2v) is 5.69. The number of primary sulfonamides is 1. The molecule has 0 fully saturated rings. The molecule has 0 bridgehead atoms. The Bertz CT molecular complexity index is 529. The number of sulfonamides is 1. The predicted octanol–water partition coefficient (Wildman–Crippen LogP) is 2.13. The average Bonchev–Trinajstić information content (AvgIpc) is 2.06. The van der Waals surface area contributed by atoms with E-state index in [4.69, 9.17) is 28.3 Å². The van der Waals surface area contributed by atoms with Gasteiger partial charge in [0, 0.05) is 10.0 Å². The van der Waals surface area contributed by atoms with Crippen molar-refractivity contribution in [3.05, 3.63) is 27.2 Å². The Balaban J connectivity index is 3.59.